The molecule has 40 heavy (non-hydrogen) atoms. The van der Waals surface area contributed by atoms with Crippen LogP contribution in [-0.2, 0) is 23.8 Å². The van der Waals surface area contributed by atoms with E-state index in [1.54, 1.807) is 13.8 Å². The third-order valence-corrected chi connectivity index (χ3v) is 6.06. The zero-order valence-corrected chi connectivity index (χ0v) is 24.2. The summed E-state index contributed by atoms with van der Waals surface area (Å²) in [6.45, 7) is 8.05. The summed E-state index contributed by atoms with van der Waals surface area (Å²) in [7, 11) is 2.85. The number of aromatic nitrogens is 1. The first kappa shape index (κ1) is 32.7. The van der Waals surface area contributed by atoms with Crippen LogP contribution < -0.4 is 14.2 Å². The normalized spacial score (nSPS) is 13.9. The van der Waals surface area contributed by atoms with Crippen LogP contribution in [0.25, 0.3) is 0 Å². The van der Waals surface area contributed by atoms with Crippen LogP contribution >= 0.6 is 0 Å². The molecule has 0 unspecified atom stereocenters. The largest absolute Gasteiger partial charge is 0.493 e. The molecule has 0 amide bonds. The number of hydrogen-bond acceptors (Lipinski definition) is 10. The summed E-state index contributed by atoms with van der Waals surface area (Å²) in [4.78, 5) is 42.6. The third-order valence-electron chi connectivity index (χ3n) is 6.06. The van der Waals surface area contributed by atoms with Crippen LogP contribution in [0.1, 0.15) is 63.9 Å². The fraction of sp³-hybridized carbons (Fsp3) is 0.533. The summed E-state index contributed by atoms with van der Waals surface area (Å²) >= 11 is 0. The first-order valence-corrected chi connectivity index (χ1v) is 13.5. The number of pyridine rings is 1. The molecule has 1 aromatic heterocycles. The zero-order valence-electron chi connectivity index (χ0n) is 24.2. The van der Waals surface area contributed by atoms with Crippen LogP contribution in [0.15, 0.2) is 42.6 Å². The second-order valence-electron chi connectivity index (χ2n) is 9.29. The Bertz CT molecular complexity index is 1080. The van der Waals surface area contributed by atoms with E-state index in [4.69, 9.17) is 28.4 Å². The lowest BCUT2D eigenvalue weighted by Gasteiger charge is -2.32. The van der Waals surface area contributed by atoms with E-state index >= 15 is 0 Å². The molecule has 0 aliphatic heterocycles. The van der Waals surface area contributed by atoms with Crippen LogP contribution in [0.3, 0.4) is 0 Å². The lowest BCUT2D eigenvalue weighted by molar-refractivity contribution is -0.162. The van der Waals surface area contributed by atoms with Crippen molar-refractivity contribution >= 4 is 17.7 Å². The van der Waals surface area contributed by atoms with Crippen LogP contribution in [0.5, 0.6) is 17.2 Å². The molecule has 220 valence electrons. The molecule has 2 aromatic rings. The van der Waals surface area contributed by atoms with Gasteiger partial charge in [-0.25, -0.2) is 4.98 Å². The van der Waals surface area contributed by atoms with Crippen LogP contribution in [-0.4, -0.2) is 68.5 Å². The number of carbonyl (C=O) groups excluding carboxylic acids is 3. The zero-order chi connectivity index (χ0) is 29.5. The molecule has 1 heterocycles. The van der Waals surface area contributed by atoms with Crippen LogP contribution in [0, 0.1) is 5.92 Å². The first-order chi connectivity index (χ1) is 19.2. The number of ether oxygens (including phenoxy) is 6. The monoisotopic (exact) mass is 559 g/mol. The Morgan fingerprint density at radius 3 is 2.33 bits per heavy atom. The van der Waals surface area contributed by atoms with Crippen molar-refractivity contribution in [3.8, 4) is 17.2 Å². The molecule has 0 fully saturated rings. The number of rotatable bonds is 18. The van der Waals surface area contributed by atoms with Gasteiger partial charge in [0.05, 0.1) is 32.2 Å². The number of Topliss-reactive ketones (excluding diaryl/α,β-unsaturated/α-hetero) is 1. The van der Waals surface area contributed by atoms with Gasteiger partial charge in [0, 0.05) is 32.4 Å². The summed E-state index contributed by atoms with van der Waals surface area (Å²) in [6, 6.07) is 10.7. The summed E-state index contributed by atoms with van der Waals surface area (Å²) < 4.78 is 33.6. The molecule has 0 spiro atoms. The van der Waals surface area contributed by atoms with E-state index in [0.717, 1.165) is 6.42 Å². The molecular weight excluding hydrogens is 518 g/mol. The molecule has 1 aromatic carbocycles. The summed E-state index contributed by atoms with van der Waals surface area (Å²) in [6.07, 6.45) is 1.08. The number of nitrogens with zero attached hydrogens (tertiary/aromatic N) is 1. The smallest absolute Gasteiger partial charge is 0.313 e. The minimum absolute atomic E-state index is 0.0181. The molecule has 10 nitrogen and oxygen atoms in total. The van der Waals surface area contributed by atoms with E-state index in [0.29, 0.717) is 18.8 Å². The van der Waals surface area contributed by atoms with Gasteiger partial charge in [0.2, 0.25) is 5.75 Å². The van der Waals surface area contributed by atoms with Crippen LogP contribution in [0.2, 0.25) is 0 Å². The van der Waals surface area contributed by atoms with Gasteiger partial charge in [0.1, 0.15) is 11.9 Å². The molecule has 0 bridgehead atoms. The molecule has 0 aliphatic carbocycles. The lowest BCUT2D eigenvalue weighted by Crippen LogP contribution is -2.44. The summed E-state index contributed by atoms with van der Waals surface area (Å²) in [5, 5.41) is 0. The average Bonchev–Trinajstić information content (AvgIpc) is 2.96. The molecule has 0 saturated heterocycles. The molecule has 0 saturated carbocycles. The Balaban J connectivity index is 2.15. The number of benzene rings is 1. The Morgan fingerprint density at radius 1 is 0.975 bits per heavy atom. The van der Waals surface area contributed by atoms with E-state index in [2.05, 4.69) is 4.98 Å². The Morgan fingerprint density at radius 2 is 1.70 bits per heavy atom. The van der Waals surface area contributed by atoms with Gasteiger partial charge in [-0.1, -0.05) is 39.0 Å². The quantitative estimate of drug-likeness (QED) is 0.186. The van der Waals surface area contributed by atoms with E-state index in [1.807, 2.05) is 44.2 Å². The van der Waals surface area contributed by atoms with E-state index in [-0.39, 0.29) is 42.7 Å². The van der Waals surface area contributed by atoms with Crippen molar-refractivity contribution in [3.05, 3.63) is 48.3 Å². The number of hydrogen-bond donors (Lipinski definition) is 0. The SMILES string of the molecule is CCCO[C@@H](CC)[C@@H](Oc1ccccc1)[C@H](C)OC(=O)[C@H](C)CC(=O)c1nccc(OC)c1OC(=O)CCOC. The molecule has 0 N–H and O–H groups in total. The summed E-state index contributed by atoms with van der Waals surface area (Å²) in [5.74, 6) is -1.78. The van der Waals surface area contributed by atoms with E-state index < -0.39 is 35.8 Å². The Labute approximate surface area is 236 Å². The topological polar surface area (TPSA) is 119 Å². The van der Waals surface area contributed by atoms with E-state index in [1.165, 1.54) is 26.5 Å². The van der Waals surface area contributed by atoms with Gasteiger partial charge < -0.3 is 28.4 Å². The van der Waals surface area contributed by atoms with Gasteiger partial charge in [0.25, 0.3) is 0 Å². The Hall–Kier alpha value is -3.50. The van der Waals surface area contributed by atoms with Gasteiger partial charge in [0.15, 0.2) is 23.3 Å². The van der Waals surface area contributed by atoms with Crippen molar-refractivity contribution in [3.63, 3.8) is 0 Å². The maximum atomic E-state index is 13.2. The lowest BCUT2D eigenvalue weighted by atomic mass is 10.0. The van der Waals surface area contributed by atoms with Gasteiger partial charge in [-0.05, 0) is 31.9 Å². The highest BCUT2D eigenvalue weighted by Crippen LogP contribution is 2.31. The minimum atomic E-state index is -0.811. The summed E-state index contributed by atoms with van der Waals surface area (Å²) in [5.41, 5.74) is -0.109. The highest BCUT2D eigenvalue weighted by Gasteiger charge is 2.33. The van der Waals surface area contributed by atoms with Gasteiger partial charge in [-0.2, -0.15) is 0 Å². The van der Waals surface area contributed by atoms with Gasteiger partial charge in [-0.3, -0.25) is 14.4 Å². The maximum absolute atomic E-state index is 13.2. The molecule has 2 rings (SSSR count). The fourth-order valence-corrected chi connectivity index (χ4v) is 3.91. The standard InChI is InChI=1S/C30H41NO9/c1-7-17-37-24(8-2)28(39-22-12-10-9-11-13-22)21(4)38-30(34)20(3)19-23(32)27-29(25(36-6)14-16-31-27)40-26(33)15-18-35-5/h9-14,16,20-21,24,28H,7-8,15,17-19H2,1-6H3/t20-,21+,24+,28+/m1/s1. The molecule has 0 aliphatic rings. The predicted octanol–water partition coefficient (Wildman–Crippen LogP) is 4.83. The van der Waals surface area contributed by atoms with Crippen molar-refractivity contribution in [1.29, 1.82) is 0 Å². The van der Waals surface area contributed by atoms with E-state index in [9.17, 15) is 14.4 Å². The molecule has 10 heteroatoms. The van der Waals surface area contributed by atoms with Crippen molar-refractivity contribution < 1.29 is 42.8 Å². The molecular formula is C30H41NO9. The number of methoxy groups -OCH3 is 2. The highest BCUT2D eigenvalue weighted by molar-refractivity contribution is 6.00. The van der Waals surface area contributed by atoms with Crippen molar-refractivity contribution in [1.82, 2.24) is 4.98 Å². The number of ketones is 1. The molecule has 0 radical (unpaired) electrons. The van der Waals surface area contributed by atoms with Gasteiger partial charge in [-0.15, -0.1) is 0 Å². The maximum Gasteiger partial charge on any atom is 0.313 e. The predicted molar refractivity (Wildman–Crippen MR) is 148 cm³/mol. The molecule has 4 atom stereocenters. The minimum Gasteiger partial charge on any atom is -0.493 e. The second kappa shape index (κ2) is 17.2. The van der Waals surface area contributed by atoms with Crippen molar-refractivity contribution in [2.45, 2.75) is 71.7 Å². The second-order valence-corrected chi connectivity index (χ2v) is 9.29. The number of para-hydroxylation sites is 1. The number of esters is 2. The van der Waals surface area contributed by atoms with Crippen LogP contribution in [0.4, 0.5) is 0 Å². The van der Waals surface area contributed by atoms with Crippen molar-refractivity contribution in [2.75, 3.05) is 27.4 Å². The average molecular weight is 560 g/mol. The fourth-order valence-electron chi connectivity index (χ4n) is 3.91. The number of carbonyl (C=O) groups is 3. The van der Waals surface area contributed by atoms with Gasteiger partial charge >= 0.3 is 11.9 Å². The van der Waals surface area contributed by atoms with Crippen molar-refractivity contribution in [2.24, 2.45) is 5.92 Å². The third kappa shape index (κ3) is 9.91. The first-order valence-electron chi connectivity index (χ1n) is 13.5. The Kier molecular flexibility index (Phi) is 14.1. The highest BCUT2D eigenvalue weighted by atomic mass is 16.6.